The number of amides is 1. The van der Waals surface area contributed by atoms with Crippen molar-refractivity contribution in [3.05, 3.63) is 64.7 Å². The van der Waals surface area contributed by atoms with Crippen LogP contribution < -0.4 is 10.1 Å². The molecule has 3 N–H and O–H groups in total. The number of nitriles is 1. The molecule has 0 bridgehead atoms. The van der Waals surface area contributed by atoms with Crippen molar-refractivity contribution in [1.82, 2.24) is 5.32 Å². The number of para-hydroxylation sites is 1. The first-order valence-corrected chi connectivity index (χ1v) is 8.85. The van der Waals surface area contributed by atoms with Gasteiger partial charge in [0.25, 0.3) is 0 Å². The SMILES string of the molecule is Cc1cccc2c1OCC2CC(NC(=O)Cc1ccccc1C#N)B(O)O. The smallest absolute Gasteiger partial charge is 0.475 e. The van der Waals surface area contributed by atoms with Crippen molar-refractivity contribution in [2.24, 2.45) is 0 Å². The molecule has 0 saturated carbocycles. The van der Waals surface area contributed by atoms with Crippen LogP contribution in [0.5, 0.6) is 5.75 Å². The molecule has 0 aliphatic carbocycles. The van der Waals surface area contributed by atoms with Gasteiger partial charge in [-0.1, -0.05) is 36.4 Å². The maximum absolute atomic E-state index is 12.4. The largest absolute Gasteiger partial charge is 0.492 e. The highest BCUT2D eigenvalue weighted by Crippen LogP contribution is 2.38. The van der Waals surface area contributed by atoms with E-state index in [1.54, 1.807) is 24.3 Å². The van der Waals surface area contributed by atoms with Crippen molar-refractivity contribution < 1.29 is 19.6 Å². The Kier molecular flexibility index (Phi) is 5.80. The maximum atomic E-state index is 12.4. The third-order valence-electron chi connectivity index (χ3n) is 4.84. The van der Waals surface area contributed by atoms with Crippen LogP contribution in [0.3, 0.4) is 0 Å². The van der Waals surface area contributed by atoms with Gasteiger partial charge < -0.3 is 20.1 Å². The van der Waals surface area contributed by atoms with E-state index in [9.17, 15) is 14.8 Å². The van der Waals surface area contributed by atoms with E-state index in [0.717, 1.165) is 16.9 Å². The summed E-state index contributed by atoms with van der Waals surface area (Å²) in [6.07, 6.45) is 0.351. The summed E-state index contributed by atoms with van der Waals surface area (Å²) in [5.74, 6) is -0.382. The number of benzene rings is 2. The molecule has 2 atom stereocenters. The number of nitrogens with one attached hydrogen (secondary N) is 1. The number of hydrogen-bond acceptors (Lipinski definition) is 5. The average Bonchev–Trinajstić information content (AvgIpc) is 3.06. The molecule has 1 aliphatic heterocycles. The minimum absolute atomic E-state index is 0.00378. The molecule has 138 valence electrons. The molecule has 6 nitrogen and oxygen atoms in total. The fourth-order valence-corrected chi connectivity index (χ4v) is 3.44. The van der Waals surface area contributed by atoms with Crippen LogP contribution in [0.25, 0.3) is 0 Å². The van der Waals surface area contributed by atoms with Gasteiger partial charge >= 0.3 is 7.12 Å². The number of aryl methyl sites for hydroxylation is 1. The first-order chi connectivity index (χ1) is 13.0. The molecule has 2 unspecified atom stereocenters. The van der Waals surface area contributed by atoms with E-state index >= 15 is 0 Å². The van der Waals surface area contributed by atoms with Gasteiger partial charge in [-0.05, 0) is 30.5 Å². The second-order valence-electron chi connectivity index (χ2n) is 6.77. The van der Waals surface area contributed by atoms with Crippen molar-refractivity contribution in [1.29, 1.82) is 5.26 Å². The Hall–Kier alpha value is -2.82. The van der Waals surface area contributed by atoms with Crippen LogP contribution in [0.15, 0.2) is 42.5 Å². The molecular formula is C20H21BN2O4. The van der Waals surface area contributed by atoms with Gasteiger partial charge in [0.1, 0.15) is 5.75 Å². The first-order valence-electron chi connectivity index (χ1n) is 8.85. The molecule has 0 saturated heterocycles. The van der Waals surface area contributed by atoms with Crippen LogP contribution in [0.2, 0.25) is 0 Å². The zero-order chi connectivity index (χ0) is 19.4. The van der Waals surface area contributed by atoms with Gasteiger partial charge in [0.2, 0.25) is 5.91 Å². The Balaban J connectivity index is 1.68. The van der Waals surface area contributed by atoms with Gasteiger partial charge in [-0.3, -0.25) is 4.79 Å². The molecule has 1 aliphatic rings. The van der Waals surface area contributed by atoms with E-state index < -0.39 is 13.1 Å². The summed E-state index contributed by atoms with van der Waals surface area (Å²) in [6, 6.07) is 14.8. The van der Waals surface area contributed by atoms with Crippen molar-refractivity contribution in [2.75, 3.05) is 6.61 Å². The second-order valence-corrected chi connectivity index (χ2v) is 6.77. The van der Waals surface area contributed by atoms with E-state index in [-0.39, 0.29) is 18.2 Å². The van der Waals surface area contributed by atoms with Gasteiger partial charge in [-0.2, -0.15) is 5.26 Å². The Morgan fingerprint density at radius 1 is 1.33 bits per heavy atom. The average molecular weight is 364 g/mol. The molecule has 27 heavy (non-hydrogen) atoms. The topological polar surface area (TPSA) is 103 Å². The lowest BCUT2D eigenvalue weighted by Gasteiger charge is -2.21. The Morgan fingerprint density at radius 3 is 2.85 bits per heavy atom. The van der Waals surface area contributed by atoms with Crippen LogP contribution in [0, 0.1) is 18.3 Å². The summed E-state index contributed by atoms with van der Waals surface area (Å²) in [5.41, 5.74) is 3.09. The summed E-state index contributed by atoms with van der Waals surface area (Å²) >= 11 is 0. The highest BCUT2D eigenvalue weighted by atomic mass is 16.5. The van der Waals surface area contributed by atoms with Crippen molar-refractivity contribution in [3.63, 3.8) is 0 Å². The Morgan fingerprint density at radius 2 is 2.11 bits per heavy atom. The van der Waals surface area contributed by atoms with Crippen LogP contribution in [-0.2, 0) is 11.2 Å². The minimum atomic E-state index is -1.69. The molecule has 7 heteroatoms. The minimum Gasteiger partial charge on any atom is -0.492 e. The lowest BCUT2D eigenvalue weighted by Crippen LogP contribution is -2.48. The molecule has 0 radical (unpaired) electrons. The Labute approximate surface area is 158 Å². The van der Waals surface area contributed by atoms with E-state index in [4.69, 9.17) is 10.00 Å². The van der Waals surface area contributed by atoms with Gasteiger partial charge in [0, 0.05) is 11.5 Å². The standard InChI is InChI=1S/C20H21BN2O4/c1-13-5-4-8-17-16(12-27-20(13)17)9-18(21(25)26)23-19(24)10-14-6-2-3-7-15(14)11-22/h2-8,16,18,25-26H,9-10,12H2,1H3,(H,23,24). The zero-order valence-electron chi connectivity index (χ0n) is 15.1. The van der Waals surface area contributed by atoms with Crippen molar-refractivity contribution in [2.45, 2.75) is 31.6 Å². The fraction of sp³-hybridized carbons (Fsp3) is 0.300. The van der Waals surface area contributed by atoms with Gasteiger partial charge in [-0.15, -0.1) is 0 Å². The monoisotopic (exact) mass is 364 g/mol. The Bertz CT molecular complexity index is 879. The number of carbonyl (C=O) groups excluding carboxylic acids is 1. The molecule has 0 fully saturated rings. The predicted molar refractivity (Wildman–Crippen MR) is 101 cm³/mol. The number of fused-ring (bicyclic) bond motifs is 1. The molecule has 0 spiro atoms. The third-order valence-corrected chi connectivity index (χ3v) is 4.84. The lowest BCUT2D eigenvalue weighted by atomic mass is 9.73. The fourth-order valence-electron chi connectivity index (χ4n) is 3.44. The third kappa shape index (κ3) is 4.30. The van der Waals surface area contributed by atoms with E-state index in [0.29, 0.717) is 24.2 Å². The van der Waals surface area contributed by atoms with Gasteiger partial charge in [-0.25, -0.2) is 0 Å². The molecule has 2 aromatic rings. The lowest BCUT2D eigenvalue weighted by molar-refractivity contribution is -0.120. The summed E-state index contributed by atoms with van der Waals surface area (Å²) in [6.45, 7) is 2.41. The van der Waals surface area contributed by atoms with Crippen LogP contribution in [-0.4, -0.2) is 35.6 Å². The summed E-state index contributed by atoms with van der Waals surface area (Å²) in [5, 5.41) is 31.3. The maximum Gasteiger partial charge on any atom is 0.475 e. The van der Waals surface area contributed by atoms with Gasteiger partial charge in [0.15, 0.2) is 0 Å². The molecule has 1 amide bonds. The molecule has 2 aromatic carbocycles. The second kappa shape index (κ2) is 8.25. The number of rotatable bonds is 6. The van der Waals surface area contributed by atoms with Crippen LogP contribution in [0.4, 0.5) is 0 Å². The number of hydrogen-bond donors (Lipinski definition) is 3. The predicted octanol–water partition coefficient (Wildman–Crippen LogP) is 1.47. The van der Waals surface area contributed by atoms with Crippen molar-refractivity contribution in [3.8, 4) is 11.8 Å². The van der Waals surface area contributed by atoms with Crippen LogP contribution in [0.1, 0.15) is 34.6 Å². The van der Waals surface area contributed by atoms with E-state index in [1.807, 2.05) is 25.1 Å². The molecular weight excluding hydrogens is 343 g/mol. The van der Waals surface area contributed by atoms with Crippen LogP contribution >= 0.6 is 0 Å². The molecule has 1 heterocycles. The van der Waals surface area contributed by atoms with Crippen molar-refractivity contribution >= 4 is 13.0 Å². The normalized spacial score (nSPS) is 16.0. The molecule has 3 rings (SSSR count). The number of nitrogens with zero attached hydrogens (tertiary/aromatic N) is 1. The zero-order valence-corrected chi connectivity index (χ0v) is 15.1. The van der Waals surface area contributed by atoms with Gasteiger partial charge in [0.05, 0.1) is 30.6 Å². The van der Waals surface area contributed by atoms with E-state index in [1.165, 1.54) is 0 Å². The van der Waals surface area contributed by atoms with E-state index in [2.05, 4.69) is 11.4 Å². The molecule has 0 aromatic heterocycles. The first kappa shape index (κ1) is 19.0. The summed E-state index contributed by atoms with van der Waals surface area (Å²) < 4.78 is 5.74. The number of carbonyl (C=O) groups is 1. The summed E-state index contributed by atoms with van der Waals surface area (Å²) in [7, 11) is -1.69. The highest BCUT2D eigenvalue weighted by Gasteiger charge is 2.33. The quantitative estimate of drug-likeness (QED) is 0.674. The summed E-state index contributed by atoms with van der Waals surface area (Å²) in [4.78, 5) is 12.4. The number of ether oxygens (including phenoxy) is 1. The highest BCUT2D eigenvalue weighted by molar-refractivity contribution is 6.43.